The van der Waals surface area contributed by atoms with Gasteiger partial charge in [-0.15, -0.1) is 0 Å². The van der Waals surface area contributed by atoms with Crippen LogP contribution in [0.4, 0.5) is 5.69 Å². The van der Waals surface area contributed by atoms with E-state index in [0.717, 1.165) is 19.6 Å². The highest BCUT2D eigenvalue weighted by Crippen LogP contribution is 2.39. The maximum Gasteiger partial charge on any atom is 0.0576 e. The molecule has 2 heteroatoms. The Morgan fingerprint density at radius 1 is 1.43 bits per heavy atom. The smallest absolute Gasteiger partial charge is 0.0576 e. The van der Waals surface area contributed by atoms with Gasteiger partial charge in [0.05, 0.1) is 6.61 Å². The lowest BCUT2D eigenvalue weighted by atomic mass is 9.81. The third-order valence-corrected chi connectivity index (χ3v) is 3.21. The molecule has 1 unspecified atom stereocenters. The number of hydrogen-bond acceptors (Lipinski definition) is 2. The summed E-state index contributed by atoms with van der Waals surface area (Å²) in [7, 11) is 1.78. The van der Waals surface area contributed by atoms with E-state index in [1.54, 1.807) is 7.11 Å². The van der Waals surface area contributed by atoms with Crippen LogP contribution < -0.4 is 5.32 Å². The van der Waals surface area contributed by atoms with Crippen LogP contribution >= 0.6 is 0 Å². The molecule has 1 aliphatic heterocycles. The predicted molar refractivity (Wildman–Crippen MR) is 58.8 cm³/mol. The lowest BCUT2D eigenvalue weighted by Gasteiger charge is -2.26. The zero-order valence-corrected chi connectivity index (χ0v) is 8.84. The summed E-state index contributed by atoms with van der Waals surface area (Å²) in [6, 6.07) is 8.52. The molecule has 0 fully saturated rings. The maximum absolute atomic E-state index is 5.34. The molecule has 1 aromatic carbocycles. The highest BCUT2D eigenvalue weighted by atomic mass is 16.5. The summed E-state index contributed by atoms with van der Waals surface area (Å²) in [4.78, 5) is 0. The van der Waals surface area contributed by atoms with Crippen molar-refractivity contribution < 1.29 is 4.74 Å². The van der Waals surface area contributed by atoms with Gasteiger partial charge in [0.2, 0.25) is 0 Å². The lowest BCUT2D eigenvalue weighted by molar-refractivity contribution is 0.136. The van der Waals surface area contributed by atoms with Crippen molar-refractivity contribution >= 4 is 5.69 Å². The van der Waals surface area contributed by atoms with Gasteiger partial charge in [-0.1, -0.05) is 25.1 Å². The van der Waals surface area contributed by atoms with Crippen LogP contribution in [0.3, 0.4) is 0 Å². The highest BCUT2D eigenvalue weighted by Gasteiger charge is 2.36. The maximum atomic E-state index is 5.34. The number of methoxy groups -OCH3 is 1. The van der Waals surface area contributed by atoms with Crippen molar-refractivity contribution in [3.8, 4) is 0 Å². The largest absolute Gasteiger partial charge is 0.384 e. The third kappa shape index (κ3) is 1.30. The Morgan fingerprint density at radius 3 is 2.93 bits per heavy atom. The Morgan fingerprint density at radius 2 is 2.21 bits per heavy atom. The molecule has 0 bridgehead atoms. The van der Waals surface area contributed by atoms with Crippen LogP contribution in [0.5, 0.6) is 0 Å². The van der Waals surface area contributed by atoms with E-state index in [2.05, 4.69) is 36.5 Å². The second-order valence-corrected chi connectivity index (χ2v) is 3.97. The van der Waals surface area contributed by atoms with Crippen LogP contribution in [0, 0.1) is 0 Å². The van der Waals surface area contributed by atoms with E-state index in [-0.39, 0.29) is 5.41 Å². The molecule has 0 saturated carbocycles. The minimum atomic E-state index is 0.186. The number of nitrogens with one attached hydrogen (secondary N) is 1. The van der Waals surface area contributed by atoms with E-state index in [0.29, 0.717) is 0 Å². The number of ether oxygens (including phenoxy) is 1. The molecule has 0 saturated heterocycles. The summed E-state index contributed by atoms with van der Waals surface area (Å²) >= 11 is 0. The molecule has 1 atom stereocenters. The van der Waals surface area contributed by atoms with Crippen molar-refractivity contribution in [3.63, 3.8) is 0 Å². The molecule has 1 heterocycles. The van der Waals surface area contributed by atoms with Gasteiger partial charge in [-0.3, -0.25) is 0 Å². The molecule has 1 N–H and O–H groups in total. The average molecular weight is 191 g/mol. The van der Waals surface area contributed by atoms with Gasteiger partial charge in [0.25, 0.3) is 0 Å². The molecule has 0 aromatic heterocycles. The fraction of sp³-hybridized carbons (Fsp3) is 0.500. The van der Waals surface area contributed by atoms with Crippen LogP contribution in [0.25, 0.3) is 0 Å². The summed E-state index contributed by atoms with van der Waals surface area (Å²) in [5.41, 5.74) is 2.86. The molecule has 0 aliphatic carbocycles. The summed E-state index contributed by atoms with van der Waals surface area (Å²) in [6.07, 6.45) is 1.12. The fourth-order valence-electron chi connectivity index (χ4n) is 2.28. The number of rotatable bonds is 3. The zero-order valence-electron chi connectivity index (χ0n) is 8.84. The van der Waals surface area contributed by atoms with Crippen molar-refractivity contribution in [1.29, 1.82) is 0 Å². The minimum absolute atomic E-state index is 0.186. The van der Waals surface area contributed by atoms with Gasteiger partial charge in [0.1, 0.15) is 0 Å². The van der Waals surface area contributed by atoms with E-state index >= 15 is 0 Å². The molecule has 1 aliphatic rings. The summed E-state index contributed by atoms with van der Waals surface area (Å²) in [6.45, 7) is 4.02. The topological polar surface area (TPSA) is 21.3 Å². The number of anilines is 1. The van der Waals surface area contributed by atoms with Crippen LogP contribution in [-0.2, 0) is 10.2 Å². The molecule has 0 amide bonds. The van der Waals surface area contributed by atoms with Gasteiger partial charge < -0.3 is 10.1 Å². The number of para-hydroxylation sites is 1. The van der Waals surface area contributed by atoms with Gasteiger partial charge in [0.15, 0.2) is 0 Å². The molecule has 2 rings (SSSR count). The molecule has 0 radical (unpaired) electrons. The Bertz CT molecular complexity index is 320. The highest BCUT2D eigenvalue weighted by molar-refractivity contribution is 5.60. The quantitative estimate of drug-likeness (QED) is 0.792. The third-order valence-electron chi connectivity index (χ3n) is 3.21. The van der Waals surface area contributed by atoms with Gasteiger partial charge in [-0.05, 0) is 18.1 Å². The fourth-order valence-corrected chi connectivity index (χ4v) is 2.28. The average Bonchev–Trinajstić information content (AvgIpc) is 2.59. The van der Waals surface area contributed by atoms with Crippen molar-refractivity contribution in [3.05, 3.63) is 29.8 Å². The van der Waals surface area contributed by atoms with Crippen LogP contribution in [0.1, 0.15) is 18.9 Å². The second-order valence-electron chi connectivity index (χ2n) is 3.97. The molecular weight excluding hydrogens is 174 g/mol. The van der Waals surface area contributed by atoms with E-state index in [4.69, 9.17) is 4.74 Å². The lowest BCUT2D eigenvalue weighted by Crippen LogP contribution is -2.32. The standard InChI is InChI=1S/C12H17NO/c1-3-12(9-14-2)8-13-11-7-5-4-6-10(11)12/h4-7,13H,3,8-9H2,1-2H3. The van der Waals surface area contributed by atoms with Gasteiger partial charge >= 0.3 is 0 Å². The Labute approximate surface area is 85.3 Å². The molecule has 76 valence electrons. The molecule has 2 nitrogen and oxygen atoms in total. The SMILES string of the molecule is CCC1(COC)CNc2ccccc21. The Hall–Kier alpha value is -1.02. The predicted octanol–water partition coefficient (Wildman–Crippen LogP) is 2.41. The molecule has 14 heavy (non-hydrogen) atoms. The van der Waals surface area contributed by atoms with Crippen molar-refractivity contribution in [2.45, 2.75) is 18.8 Å². The van der Waals surface area contributed by atoms with Crippen LogP contribution in [0.2, 0.25) is 0 Å². The number of benzene rings is 1. The summed E-state index contributed by atoms with van der Waals surface area (Å²) in [5.74, 6) is 0. The van der Waals surface area contributed by atoms with E-state index in [1.807, 2.05) is 0 Å². The Balaban J connectivity index is 2.39. The van der Waals surface area contributed by atoms with Gasteiger partial charge in [0, 0.05) is 24.8 Å². The monoisotopic (exact) mass is 191 g/mol. The first-order valence-corrected chi connectivity index (χ1v) is 5.15. The van der Waals surface area contributed by atoms with Crippen molar-refractivity contribution in [2.75, 3.05) is 25.6 Å². The first kappa shape index (κ1) is 9.53. The molecular formula is C12H17NO. The van der Waals surface area contributed by atoms with Crippen LogP contribution in [-0.4, -0.2) is 20.3 Å². The van der Waals surface area contributed by atoms with E-state index < -0.39 is 0 Å². The number of fused-ring (bicyclic) bond motifs is 1. The summed E-state index contributed by atoms with van der Waals surface area (Å²) in [5, 5.41) is 3.45. The summed E-state index contributed by atoms with van der Waals surface area (Å²) < 4.78 is 5.34. The number of hydrogen-bond donors (Lipinski definition) is 1. The molecule has 0 spiro atoms. The van der Waals surface area contributed by atoms with Gasteiger partial charge in [-0.25, -0.2) is 0 Å². The first-order valence-electron chi connectivity index (χ1n) is 5.15. The first-order chi connectivity index (χ1) is 6.82. The minimum Gasteiger partial charge on any atom is -0.384 e. The van der Waals surface area contributed by atoms with E-state index in [1.165, 1.54) is 11.3 Å². The van der Waals surface area contributed by atoms with Crippen molar-refractivity contribution in [1.82, 2.24) is 0 Å². The second kappa shape index (κ2) is 3.62. The Kier molecular flexibility index (Phi) is 2.46. The zero-order chi connectivity index (χ0) is 10.0. The van der Waals surface area contributed by atoms with Gasteiger partial charge in [-0.2, -0.15) is 0 Å². The molecule has 1 aromatic rings. The van der Waals surface area contributed by atoms with Crippen molar-refractivity contribution in [2.24, 2.45) is 0 Å². The normalized spacial score (nSPS) is 24.4. The van der Waals surface area contributed by atoms with E-state index in [9.17, 15) is 0 Å². The van der Waals surface area contributed by atoms with Crippen LogP contribution in [0.15, 0.2) is 24.3 Å².